The molecule has 0 spiro atoms. The van der Waals surface area contributed by atoms with Crippen molar-refractivity contribution >= 4 is 33.4 Å². The van der Waals surface area contributed by atoms with E-state index in [0.717, 1.165) is 0 Å². The van der Waals surface area contributed by atoms with Gasteiger partial charge in [0.05, 0.1) is 40.8 Å². The lowest BCUT2D eigenvalue weighted by atomic mass is 9.77. The molecule has 3 saturated heterocycles. The van der Waals surface area contributed by atoms with E-state index in [2.05, 4.69) is 10.0 Å². The highest BCUT2D eigenvalue weighted by Crippen LogP contribution is 2.40. The van der Waals surface area contributed by atoms with Gasteiger partial charge in [0.2, 0.25) is 0 Å². The Bertz CT molecular complexity index is 2140. The molecule has 3 fully saturated rings. The number of rotatable bonds is 11. The van der Waals surface area contributed by atoms with Crippen molar-refractivity contribution in [3.63, 3.8) is 0 Å². The molecule has 70 heavy (non-hydrogen) atoms. The lowest BCUT2D eigenvalue weighted by Gasteiger charge is -2.48. The highest BCUT2D eigenvalue weighted by atomic mass is 32.2. The number of cyclic esters (lactones) is 1. The van der Waals surface area contributed by atoms with E-state index in [1.807, 2.05) is 25.9 Å². The van der Waals surface area contributed by atoms with Crippen LogP contribution in [-0.4, -0.2) is 179 Å². The highest BCUT2D eigenvalue weighted by molar-refractivity contribution is 7.92. The lowest BCUT2D eigenvalue weighted by Crippen LogP contribution is -2.61. The number of likely N-dealkylation sites (N-methyl/N-ethyl adjacent to an activating group) is 1. The van der Waals surface area contributed by atoms with Crippen molar-refractivity contribution in [1.29, 1.82) is 0 Å². The third-order valence-corrected chi connectivity index (χ3v) is 15.8. The molecule has 18 atom stereocenters. The van der Waals surface area contributed by atoms with Gasteiger partial charge in [-0.25, -0.2) is 13.2 Å². The molecule has 8 N–H and O–H groups in total. The fourth-order valence-corrected chi connectivity index (χ4v) is 11.2. The summed E-state index contributed by atoms with van der Waals surface area (Å²) in [6.07, 6.45) is -12.8. The van der Waals surface area contributed by atoms with Crippen LogP contribution in [0.3, 0.4) is 0 Å². The molecule has 0 aliphatic carbocycles. The highest BCUT2D eigenvalue weighted by Gasteiger charge is 2.53. The monoisotopic (exact) mass is 1010 g/mol. The number of urea groups is 1. The van der Waals surface area contributed by atoms with Gasteiger partial charge < -0.3 is 74.2 Å². The van der Waals surface area contributed by atoms with Gasteiger partial charge in [-0.05, 0) is 117 Å². The fourth-order valence-electron chi connectivity index (χ4n) is 10.1. The predicted molar refractivity (Wildman–Crippen MR) is 258 cm³/mol. The fraction of sp³-hybridized carbons (Fsp3) is 0.714. The lowest BCUT2D eigenvalue weighted by molar-refractivity contribution is -0.348. The maximum Gasteiger partial charge on any atom is 0.322 e. The zero-order valence-corrected chi connectivity index (χ0v) is 43.3. The number of hydrogen-bond donors (Lipinski definition) is 8. The molecule has 20 nitrogen and oxygen atoms in total. The van der Waals surface area contributed by atoms with Crippen LogP contribution in [0.1, 0.15) is 88.0 Å². The van der Waals surface area contributed by atoms with Crippen LogP contribution in [0.2, 0.25) is 0 Å². The molecule has 3 aliphatic rings. The largest absolute Gasteiger partial charge is 0.459 e. The number of carbonyl (C=O) groups excluding carboxylic acids is 2. The molecule has 0 aromatic heterocycles. The molecular weight excluding hydrogens is 933 g/mol. The van der Waals surface area contributed by atoms with Crippen LogP contribution in [0.15, 0.2) is 59.5 Å². The van der Waals surface area contributed by atoms with Gasteiger partial charge in [-0.2, -0.15) is 0 Å². The number of anilines is 2. The maximum atomic E-state index is 14.5. The number of carbonyl (C=O) groups is 2. The molecule has 396 valence electrons. The number of nitrogens with one attached hydrogen (secondary N) is 2. The van der Waals surface area contributed by atoms with Crippen molar-refractivity contribution < 1.29 is 77.1 Å². The first-order valence-electron chi connectivity index (χ1n) is 24.0. The SMILES string of the molecule is CC[C@H]1OC(=O)[C@H](C)[C@@H](O[C@H]2C[C@](C)(OC)[C@H](O)[C@@H](O)O2)[C@H](C)[C@@H](O[C@@H]2O[C@H](C)C[C@@H](N(C)C)[C@H]2O)[C@@](C)(O)C[C@@H](C)CN(C(=O)Nc2ccc(S(=O)(=O)Nc3ccccc3)cc2)[C@H](C)[C@@H](O)[C@]1(C)O. The van der Waals surface area contributed by atoms with Crippen molar-refractivity contribution in [1.82, 2.24) is 9.80 Å². The van der Waals surface area contributed by atoms with Gasteiger partial charge in [0.15, 0.2) is 18.9 Å². The normalized spacial score (nSPS) is 39.6. The summed E-state index contributed by atoms with van der Waals surface area (Å²) in [5.74, 6) is -3.72. The van der Waals surface area contributed by atoms with E-state index < -0.39 is 124 Å². The average molecular weight is 1010 g/mol. The number of ether oxygens (including phenoxy) is 6. The summed E-state index contributed by atoms with van der Waals surface area (Å²) in [5.41, 5.74) is -4.83. The maximum absolute atomic E-state index is 14.5. The number of methoxy groups -OCH3 is 1. The Morgan fingerprint density at radius 1 is 0.886 bits per heavy atom. The quantitative estimate of drug-likeness (QED) is 0.150. The van der Waals surface area contributed by atoms with Gasteiger partial charge in [0.25, 0.3) is 10.0 Å². The topological polar surface area (TPSA) is 276 Å². The number of amides is 2. The Kier molecular flexibility index (Phi) is 18.9. The van der Waals surface area contributed by atoms with E-state index in [0.29, 0.717) is 12.1 Å². The molecule has 3 heterocycles. The van der Waals surface area contributed by atoms with E-state index in [4.69, 9.17) is 28.4 Å². The third kappa shape index (κ3) is 13.2. The minimum atomic E-state index is -3.99. The number of aliphatic hydroxyl groups is 6. The van der Waals surface area contributed by atoms with Crippen LogP contribution in [0, 0.1) is 17.8 Å². The summed E-state index contributed by atoms with van der Waals surface area (Å²) < 4.78 is 65.8. The Morgan fingerprint density at radius 2 is 1.51 bits per heavy atom. The summed E-state index contributed by atoms with van der Waals surface area (Å²) in [5, 5.41) is 73.2. The molecule has 3 aliphatic heterocycles. The van der Waals surface area contributed by atoms with Crippen molar-refractivity contribution in [2.24, 2.45) is 17.8 Å². The second-order valence-electron chi connectivity index (χ2n) is 20.5. The molecule has 21 heteroatoms. The van der Waals surface area contributed by atoms with E-state index >= 15 is 0 Å². The zero-order valence-electron chi connectivity index (χ0n) is 42.5. The first kappa shape index (κ1) is 57.4. The second-order valence-corrected chi connectivity index (χ2v) is 22.2. The number of sulfonamides is 1. The Balaban J connectivity index is 1.56. The van der Waals surface area contributed by atoms with E-state index in [1.165, 1.54) is 64.0 Å². The van der Waals surface area contributed by atoms with Gasteiger partial charge in [-0.3, -0.25) is 9.52 Å². The van der Waals surface area contributed by atoms with Crippen LogP contribution in [0.5, 0.6) is 0 Å². The molecule has 2 amide bonds. The van der Waals surface area contributed by atoms with E-state index in [1.54, 1.807) is 58.0 Å². The zero-order chi connectivity index (χ0) is 52.3. The second kappa shape index (κ2) is 23.1. The van der Waals surface area contributed by atoms with Crippen molar-refractivity contribution in [3.05, 3.63) is 54.6 Å². The van der Waals surface area contributed by atoms with Gasteiger partial charge in [-0.15, -0.1) is 0 Å². The van der Waals surface area contributed by atoms with Gasteiger partial charge >= 0.3 is 12.0 Å². The Hall–Kier alpha value is -3.55. The molecule has 0 bridgehead atoms. The van der Waals surface area contributed by atoms with Crippen LogP contribution in [-0.2, 0) is 43.2 Å². The number of para-hydroxylation sites is 1. The Morgan fingerprint density at radius 3 is 2.10 bits per heavy atom. The van der Waals surface area contributed by atoms with Crippen molar-refractivity contribution in [2.75, 3.05) is 37.8 Å². The van der Waals surface area contributed by atoms with Crippen LogP contribution >= 0.6 is 0 Å². The summed E-state index contributed by atoms with van der Waals surface area (Å²) >= 11 is 0. The number of benzene rings is 2. The number of hydrogen-bond acceptors (Lipinski definition) is 17. The third-order valence-electron chi connectivity index (χ3n) is 14.4. The minimum absolute atomic E-state index is 0.0118. The van der Waals surface area contributed by atoms with Gasteiger partial charge in [0, 0.05) is 43.4 Å². The van der Waals surface area contributed by atoms with Crippen LogP contribution in [0.4, 0.5) is 16.2 Å². The Labute approximate surface area is 412 Å². The van der Waals surface area contributed by atoms with E-state index in [-0.39, 0.29) is 42.5 Å². The average Bonchev–Trinajstić information content (AvgIpc) is 3.29. The molecule has 0 unspecified atom stereocenters. The number of aliphatic hydroxyl groups excluding tert-OH is 4. The molecule has 2 aromatic carbocycles. The molecular formula is C49H78N4O16S. The standard InChI is InChI=1S/C49H78N4O16S/c1-13-36-49(9,61)40(55)31(6)53(46(59)50-32-19-21-34(22-20-32)70(62,63)51-33-17-15-14-16-18-33)26-27(2)24-47(7,60)42(69-45-38(54)35(52(10)11)23-28(3)65-45)29(4)39(30(5)43(57)66-36)67-37-25-48(8,64-12)41(56)44(58)68-37/h14-22,27-31,35-42,44-45,51,54-56,58,60-61H,13,23-26H2,1-12H3,(H,50,59)/t27-,28-,29+,30-,31-,35-,36-,37-,38-,39+,40-,41-,42-,44+,45+,47+,48+,49-/m1/s1. The smallest absolute Gasteiger partial charge is 0.322 e. The summed E-state index contributed by atoms with van der Waals surface area (Å²) in [6, 6.07) is 11.5. The van der Waals surface area contributed by atoms with E-state index in [9.17, 15) is 48.6 Å². The minimum Gasteiger partial charge on any atom is -0.459 e. The summed E-state index contributed by atoms with van der Waals surface area (Å²) in [4.78, 5) is 32.1. The predicted octanol–water partition coefficient (Wildman–Crippen LogP) is 3.23. The molecule has 2 aromatic rings. The van der Waals surface area contributed by atoms with Crippen molar-refractivity contribution in [2.45, 2.75) is 183 Å². The number of nitrogens with zero attached hydrogens (tertiary/aromatic N) is 2. The first-order chi connectivity index (χ1) is 32.6. The summed E-state index contributed by atoms with van der Waals surface area (Å²) in [7, 11) is 1.01. The molecule has 0 saturated carbocycles. The van der Waals surface area contributed by atoms with Gasteiger partial charge in [0.1, 0.15) is 35.6 Å². The van der Waals surface area contributed by atoms with Crippen molar-refractivity contribution in [3.8, 4) is 0 Å². The van der Waals surface area contributed by atoms with Crippen LogP contribution < -0.4 is 10.0 Å². The molecule has 5 rings (SSSR count). The summed E-state index contributed by atoms with van der Waals surface area (Å²) in [6.45, 7) is 14.2. The molecule has 0 radical (unpaired) electrons. The van der Waals surface area contributed by atoms with Gasteiger partial charge in [-0.1, -0.05) is 39.0 Å². The number of esters is 1. The first-order valence-corrected chi connectivity index (χ1v) is 25.5. The van der Waals surface area contributed by atoms with Crippen LogP contribution in [0.25, 0.3) is 0 Å².